The van der Waals surface area contributed by atoms with E-state index in [1.165, 1.54) is 0 Å². The zero-order chi connectivity index (χ0) is 13.0. The number of amides is 1. The summed E-state index contributed by atoms with van der Waals surface area (Å²) in [5, 5.41) is 10.2. The summed E-state index contributed by atoms with van der Waals surface area (Å²) in [6.45, 7) is 6.03. The van der Waals surface area contributed by atoms with Gasteiger partial charge in [-0.2, -0.15) is 0 Å². The molecule has 1 fully saturated rings. The molecule has 1 aliphatic rings. The van der Waals surface area contributed by atoms with E-state index in [2.05, 4.69) is 29.6 Å². The van der Waals surface area contributed by atoms with Gasteiger partial charge >= 0.3 is 0 Å². The summed E-state index contributed by atoms with van der Waals surface area (Å²) in [6, 6.07) is 1.95. The zero-order valence-electron chi connectivity index (χ0n) is 11.4. The lowest BCUT2D eigenvalue weighted by Crippen LogP contribution is -2.45. The molecule has 108 valence electrons. The van der Waals surface area contributed by atoms with Crippen LogP contribution in [0.15, 0.2) is 10.6 Å². The van der Waals surface area contributed by atoms with Gasteiger partial charge in [0.2, 0.25) is 5.76 Å². The van der Waals surface area contributed by atoms with Gasteiger partial charge in [-0.3, -0.25) is 4.79 Å². The van der Waals surface area contributed by atoms with E-state index in [9.17, 15) is 4.79 Å². The molecular weight excluding hydrogens is 266 g/mol. The predicted octanol–water partition coefficient (Wildman–Crippen LogP) is 2.09. The molecular formula is C13H22ClN3O2. The Morgan fingerprint density at radius 3 is 3.11 bits per heavy atom. The fourth-order valence-electron chi connectivity index (χ4n) is 2.07. The summed E-state index contributed by atoms with van der Waals surface area (Å²) < 4.78 is 5.11. The van der Waals surface area contributed by atoms with E-state index in [1.807, 2.05) is 0 Å². The molecule has 19 heavy (non-hydrogen) atoms. The minimum Gasteiger partial charge on any atom is -0.351 e. The van der Waals surface area contributed by atoms with Crippen LogP contribution >= 0.6 is 12.4 Å². The highest BCUT2D eigenvalue weighted by Crippen LogP contribution is 2.18. The first-order valence-electron chi connectivity index (χ1n) is 6.69. The molecule has 1 aromatic heterocycles. The molecule has 2 rings (SSSR count). The van der Waals surface area contributed by atoms with E-state index in [0.29, 0.717) is 11.7 Å². The molecule has 2 heterocycles. The van der Waals surface area contributed by atoms with Crippen LogP contribution in [-0.2, 0) is 0 Å². The average molecular weight is 288 g/mol. The zero-order valence-corrected chi connectivity index (χ0v) is 12.3. The minimum absolute atomic E-state index is 0. The van der Waals surface area contributed by atoms with Crippen molar-refractivity contribution in [1.82, 2.24) is 15.8 Å². The fraction of sp³-hybridized carbons (Fsp3) is 0.692. The number of piperidine rings is 1. The molecule has 0 bridgehead atoms. The Hall–Kier alpha value is -1.07. The predicted molar refractivity (Wildman–Crippen MR) is 75.8 cm³/mol. The van der Waals surface area contributed by atoms with Gasteiger partial charge in [-0.1, -0.05) is 19.0 Å². The van der Waals surface area contributed by atoms with Gasteiger partial charge in [0, 0.05) is 24.6 Å². The SMILES string of the molecule is CCC(C)c1cc(C(=O)N[C@H]2CCCNC2)on1.Cl. The van der Waals surface area contributed by atoms with Gasteiger partial charge in [0.15, 0.2) is 0 Å². The molecule has 1 unspecified atom stereocenters. The molecule has 5 nitrogen and oxygen atoms in total. The van der Waals surface area contributed by atoms with Crippen molar-refractivity contribution in [3.8, 4) is 0 Å². The number of hydrogen-bond acceptors (Lipinski definition) is 4. The Morgan fingerprint density at radius 2 is 2.47 bits per heavy atom. The smallest absolute Gasteiger partial charge is 0.290 e. The highest BCUT2D eigenvalue weighted by molar-refractivity contribution is 5.91. The van der Waals surface area contributed by atoms with E-state index in [-0.39, 0.29) is 24.4 Å². The van der Waals surface area contributed by atoms with Crippen molar-refractivity contribution in [2.45, 2.75) is 45.1 Å². The van der Waals surface area contributed by atoms with Crippen molar-refractivity contribution in [2.75, 3.05) is 13.1 Å². The number of carbonyl (C=O) groups excluding carboxylic acids is 1. The van der Waals surface area contributed by atoms with Crippen molar-refractivity contribution < 1.29 is 9.32 Å². The van der Waals surface area contributed by atoms with Crippen molar-refractivity contribution in [2.24, 2.45) is 0 Å². The van der Waals surface area contributed by atoms with E-state index in [1.54, 1.807) is 6.07 Å². The number of hydrogen-bond donors (Lipinski definition) is 2. The Kier molecular flexibility index (Phi) is 6.31. The average Bonchev–Trinajstić information content (AvgIpc) is 2.88. The second kappa shape index (κ2) is 7.50. The van der Waals surface area contributed by atoms with Crippen LogP contribution in [0.25, 0.3) is 0 Å². The van der Waals surface area contributed by atoms with E-state index < -0.39 is 0 Å². The number of aromatic nitrogens is 1. The van der Waals surface area contributed by atoms with Gasteiger partial charge < -0.3 is 15.2 Å². The van der Waals surface area contributed by atoms with Crippen molar-refractivity contribution in [3.05, 3.63) is 17.5 Å². The molecule has 0 aliphatic carbocycles. The second-order valence-corrected chi connectivity index (χ2v) is 4.94. The Labute approximate surface area is 119 Å². The lowest BCUT2D eigenvalue weighted by molar-refractivity contribution is 0.0893. The van der Waals surface area contributed by atoms with Gasteiger partial charge in [0.1, 0.15) is 0 Å². The third kappa shape index (κ3) is 4.21. The van der Waals surface area contributed by atoms with Gasteiger partial charge in [-0.05, 0) is 25.8 Å². The van der Waals surface area contributed by atoms with Crippen molar-refractivity contribution in [1.29, 1.82) is 0 Å². The molecule has 2 N–H and O–H groups in total. The standard InChI is InChI=1S/C13H21N3O2.ClH/c1-3-9(2)11-7-12(18-16-11)13(17)15-10-5-4-6-14-8-10;/h7,9-10,14H,3-6,8H2,1-2H3,(H,15,17);1H/t9?,10-;/m0./s1. The molecule has 6 heteroatoms. The number of carbonyl (C=O) groups is 1. The van der Waals surface area contributed by atoms with E-state index >= 15 is 0 Å². The van der Waals surface area contributed by atoms with Gasteiger partial charge in [-0.25, -0.2) is 0 Å². The molecule has 1 aliphatic heterocycles. The number of halogens is 1. The van der Waals surface area contributed by atoms with Gasteiger partial charge in [-0.15, -0.1) is 12.4 Å². The first-order valence-corrected chi connectivity index (χ1v) is 6.69. The Bertz CT molecular complexity index is 402. The maximum absolute atomic E-state index is 12.0. The maximum Gasteiger partial charge on any atom is 0.290 e. The summed E-state index contributed by atoms with van der Waals surface area (Å²) in [5.41, 5.74) is 0.851. The Morgan fingerprint density at radius 1 is 1.68 bits per heavy atom. The van der Waals surface area contributed by atoms with Crippen LogP contribution in [-0.4, -0.2) is 30.2 Å². The summed E-state index contributed by atoms with van der Waals surface area (Å²) in [6.07, 6.45) is 3.10. The number of nitrogens with one attached hydrogen (secondary N) is 2. The molecule has 0 aromatic carbocycles. The normalized spacial score (nSPS) is 20.4. The largest absolute Gasteiger partial charge is 0.351 e. The monoisotopic (exact) mass is 287 g/mol. The van der Waals surface area contributed by atoms with Crippen LogP contribution in [0.5, 0.6) is 0 Å². The Balaban J connectivity index is 0.00000180. The molecule has 0 radical (unpaired) electrons. The van der Waals surface area contributed by atoms with Crippen molar-refractivity contribution >= 4 is 18.3 Å². The first kappa shape index (κ1) is 16.0. The van der Waals surface area contributed by atoms with Crippen LogP contribution < -0.4 is 10.6 Å². The molecule has 1 amide bonds. The molecule has 0 spiro atoms. The second-order valence-electron chi connectivity index (χ2n) is 4.94. The minimum atomic E-state index is -0.161. The summed E-state index contributed by atoms with van der Waals surface area (Å²) in [7, 11) is 0. The molecule has 1 aromatic rings. The molecule has 2 atom stereocenters. The van der Waals surface area contributed by atoms with Crippen LogP contribution in [0.4, 0.5) is 0 Å². The lowest BCUT2D eigenvalue weighted by Gasteiger charge is -2.23. The van der Waals surface area contributed by atoms with Crippen LogP contribution in [0.2, 0.25) is 0 Å². The third-order valence-corrected chi connectivity index (χ3v) is 3.50. The third-order valence-electron chi connectivity index (χ3n) is 3.50. The van der Waals surface area contributed by atoms with Crippen LogP contribution in [0.1, 0.15) is 55.3 Å². The van der Waals surface area contributed by atoms with Crippen molar-refractivity contribution in [3.63, 3.8) is 0 Å². The lowest BCUT2D eigenvalue weighted by atomic mass is 10.1. The summed E-state index contributed by atoms with van der Waals surface area (Å²) in [4.78, 5) is 12.0. The maximum atomic E-state index is 12.0. The highest BCUT2D eigenvalue weighted by atomic mass is 35.5. The summed E-state index contributed by atoms with van der Waals surface area (Å²) in [5.74, 6) is 0.480. The first-order chi connectivity index (χ1) is 8.70. The topological polar surface area (TPSA) is 67.2 Å². The van der Waals surface area contributed by atoms with Gasteiger partial charge in [0.05, 0.1) is 5.69 Å². The highest BCUT2D eigenvalue weighted by Gasteiger charge is 2.20. The quantitative estimate of drug-likeness (QED) is 0.890. The summed E-state index contributed by atoms with van der Waals surface area (Å²) >= 11 is 0. The number of rotatable bonds is 4. The van der Waals surface area contributed by atoms with Crippen LogP contribution in [0, 0.1) is 0 Å². The molecule has 1 saturated heterocycles. The fourth-order valence-corrected chi connectivity index (χ4v) is 2.07. The van der Waals surface area contributed by atoms with Crippen LogP contribution in [0.3, 0.4) is 0 Å². The number of nitrogens with zero attached hydrogens (tertiary/aromatic N) is 1. The van der Waals surface area contributed by atoms with Gasteiger partial charge in [0.25, 0.3) is 5.91 Å². The molecule has 0 saturated carbocycles. The van der Waals surface area contributed by atoms with E-state index in [4.69, 9.17) is 4.52 Å². The van der Waals surface area contributed by atoms with E-state index in [0.717, 1.165) is 38.0 Å².